The summed E-state index contributed by atoms with van der Waals surface area (Å²) in [5.41, 5.74) is 2.29. The molecule has 0 saturated heterocycles. The zero-order valence-electron chi connectivity index (χ0n) is 12.6. The first-order chi connectivity index (χ1) is 10.3. The van der Waals surface area contributed by atoms with Crippen molar-refractivity contribution >= 4 is 27.3 Å². The van der Waals surface area contributed by atoms with E-state index in [1.54, 1.807) is 12.3 Å². The van der Waals surface area contributed by atoms with Crippen LogP contribution in [0.25, 0.3) is 5.13 Å². The monoisotopic (exact) mass is 342 g/mol. The highest BCUT2D eigenvalue weighted by atomic mass is 32.2. The van der Waals surface area contributed by atoms with Gasteiger partial charge in [0, 0.05) is 36.1 Å². The van der Waals surface area contributed by atoms with Gasteiger partial charge in [0.05, 0.1) is 11.8 Å². The van der Waals surface area contributed by atoms with Gasteiger partial charge in [-0.2, -0.15) is 0 Å². The van der Waals surface area contributed by atoms with Crippen molar-refractivity contribution in [2.75, 3.05) is 19.3 Å². The number of amides is 1. The number of carbonyl (C=O) groups excluding carboxylic acids is 1. The fraction of sp³-hybridized carbons (Fsp3) is 0.385. The van der Waals surface area contributed by atoms with Crippen molar-refractivity contribution in [3.05, 3.63) is 34.6 Å². The summed E-state index contributed by atoms with van der Waals surface area (Å²) in [4.78, 5) is 16.5. The molecule has 0 aliphatic rings. The molecule has 0 aliphatic carbocycles. The van der Waals surface area contributed by atoms with Gasteiger partial charge in [0.1, 0.15) is 0 Å². The van der Waals surface area contributed by atoms with Gasteiger partial charge in [0.2, 0.25) is 10.0 Å². The average Bonchev–Trinajstić information content (AvgIpc) is 3.01. The highest BCUT2D eigenvalue weighted by Crippen LogP contribution is 2.22. The van der Waals surface area contributed by atoms with Gasteiger partial charge in [-0.15, -0.1) is 11.3 Å². The Bertz CT molecular complexity index is 764. The zero-order chi connectivity index (χ0) is 16.3. The lowest BCUT2D eigenvalue weighted by Crippen LogP contribution is -2.34. The van der Waals surface area contributed by atoms with Crippen LogP contribution < -0.4 is 10.0 Å². The van der Waals surface area contributed by atoms with E-state index >= 15 is 0 Å². The number of nitrogens with zero attached hydrogens (tertiary/aromatic N) is 2. The number of aryl methyl sites for hydroxylation is 1. The maximum Gasteiger partial charge on any atom is 0.253 e. The standard InChI is InChI=1S/C13H18N4O3S2/c1-9-8-11(10(2)17(9)13-15-6-7-21-13)12(18)14-4-5-16-22(3,19)20/h6-8,16H,4-5H2,1-3H3,(H,14,18). The second-order valence-electron chi connectivity index (χ2n) is 4.86. The van der Waals surface area contributed by atoms with E-state index in [0.29, 0.717) is 5.56 Å². The summed E-state index contributed by atoms with van der Waals surface area (Å²) < 4.78 is 26.1. The van der Waals surface area contributed by atoms with Crippen LogP contribution in [-0.4, -0.2) is 43.2 Å². The fourth-order valence-electron chi connectivity index (χ4n) is 2.12. The summed E-state index contributed by atoms with van der Waals surface area (Å²) in [5.74, 6) is -0.230. The van der Waals surface area contributed by atoms with E-state index < -0.39 is 10.0 Å². The molecule has 0 spiro atoms. The van der Waals surface area contributed by atoms with Crippen LogP contribution in [0.5, 0.6) is 0 Å². The third-order valence-electron chi connectivity index (χ3n) is 3.06. The minimum absolute atomic E-state index is 0.162. The van der Waals surface area contributed by atoms with Gasteiger partial charge in [0.15, 0.2) is 5.13 Å². The molecule has 2 aromatic rings. The molecular formula is C13H18N4O3S2. The number of hydrogen-bond donors (Lipinski definition) is 2. The SMILES string of the molecule is Cc1cc(C(=O)NCCNS(C)(=O)=O)c(C)n1-c1nccs1. The minimum atomic E-state index is -3.24. The molecule has 0 radical (unpaired) electrons. The maximum absolute atomic E-state index is 12.2. The Morgan fingerprint density at radius 1 is 1.36 bits per heavy atom. The van der Waals surface area contributed by atoms with Crippen LogP contribution in [0.1, 0.15) is 21.7 Å². The molecule has 2 rings (SSSR count). The quantitative estimate of drug-likeness (QED) is 0.761. The highest BCUT2D eigenvalue weighted by molar-refractivity contribution is 7.88. The Morgan fingerprint density at radius 3 is 2.68 bits per heavy atom. The Balaban J connectivity index is 2.07. The van der Waals surface area contributed by atoms with Gasteiger partial charge in [-0.05, 0) is 19.9 Å². The molecule has 120 valence electrons. The van der Waals surface area contributed by atoms with Crippen molar-refractivity contribution in [3.63, 3.8) is 0 Å². The number of rotatable bonds is 6. The molecule has 0 fully saturated rings. The first-order valence-electron chi connectivity index (χ1n) is 6.61. The number of hydrogen-bond acceptors (Lipinski definition) is 5. The van der Waals surface area contributed by atoms with Gasteiger partial charge < -0.3 is 5.32 Å². The maximum atomic E-state index is 12.2. The van der Waals surface area contributed by atoms with Crippen molar-refractivity contribution < 1.29 is 13.2 Å². The van der Waals surface area contributed by atoms with E-state index in [4.69, 9.17) is 0 Å². The molecule has 0 bridgehead atoms. The number of aromatic nitrogens is 2. The van der Waals surface area contributed by atoms with Crippen LogP contribution in [0.2, 0.25) is 0 Å². The molecular weight excluding hydrogens is 324 g/mol. The molecule has 2 aromatic heterocycles. The van der Waals surface area contributed by atoms with E-state index in [1.165, 1.54) is 11.3 Å². The van der Waals surface area contributed by atoms with E-state index in [9.17, 15) is 13.2 Å². The number of thiazole rings is 1. The van der Waals surface area contributed by atoms with Gasteiger partial charge in [-0.25, -0.2) is 18.1 Å². The first-order valence-corrected chi connectivity index (χ1v) is 9.38. The molecule has 7 nitrogen and oxygen atoms in total. The van der Waals surface area contributed by atoms with Crippen molar-refractivity contribution in [2.24, 2.45) is 0 Å². The number of sulfonamides is 1. The van der Waals surface area contributed by atoms with Crippen LogP contribution in [-0.2, 0) is 10.0 Å². The highest BCUT2D eigenvalue weighted by Gasteiger charge is 2.17. The van der Waals surface area contributed by atoms with Crippen molar-refractivity contribution in [1.29, 1.82) is 0 Å². The largest absolute Gasteiger partial charge is 0.351 e. The second kappa shape index (κ2) is 6.59. The smallest absolute Gasteiger partial charge is 0.253 e. The summed E-state index contributed by atoms with van der Waals surface area (Å²) in [6, 6.07) is 1.80. The summed E-state index contributed by atoms with van der Waals surface area (Å²) >= 11 is 1.50. The van der Waals surface area contributed by atoms with Crippen molar-refractivity contribution in [1.82, 2.24) is 19.6 Å². The van der Waals surface area contributed by atoms with Crippen LogP contribution in [0.15, 0.2) is 17.6 Å². The van der Waals surface area contributed by atoms with Crippen LogP contribution in [0, 0.1) is 13.8 Å². The zero-order valence-corrected chi connectivity index (χ0v) is 14.2. The summed E-state index contributed by atoms with van der Waals surface area (Å²) in [6.07, 6.45) is 2.80. The molecule has 0 saturated carbocycles. The number of nitrogens with one attached hydrogen (secondary N) is 2. The van der Waals surface area contributed by atoms with Gasteiger partial charge in [-0.1, -0.05) is 0 Å². The Hall–Kier alpha value is -1.71. The van der Waals surface area contributed by atoms with E-state index in [1.807, 2.05) is 23.8 Å². The van der Waals surface area contributed by atoms with Crippen LogP contribution in [0.4, 0.5) is 0 Å². The van der Waals surface area contributed by atoms with Gasteiger partial charge >= 0.3 is 0 Å². The molecule has 2 N–H and O–H groups in total. The molecule has 1 amide bonds. The molecule has 2 heterocycles. The van der Waals surface area contributed by atoms with Crippen LogP contribution >= 0.6 is 11.3 Å². The predicted molar refractivity (Wildman–Crippen MR) is 86.1 cm³/mol. The number of carbonyl (C=O) groups is 1. The topological polar surface area (TPSA) is 93.1 Å². The van der Waals surface area contributed by atoms with Gasteiger partial charge in [0.25, 0.3) is 5.91 Å². The van der Waals surface area contributed by atoms with Crippen molar-refractivity contribution in [2.45, 2.75) is 13.8 Å². The summed E-state index contributed by atoms with van der Waals surface area (Å²) in [7, 11) is -3.24. The molecule has 0 aliphatic heterocycles. The van der Waals surface area contributed by atoms with E-state index in [2.05, 4.69) is 15.0 Å². The predicted octanol–water partition coefficient (Wildman–Crippen LogP) is 0.830. The lowest BCUT2D eigenvalue weighted by molar-refractivity contribution is 0.0953. The third kappa shape index (κ3) is 3.93. The fourth-order valence-corrected chi connectivity index (χ4v) is 3.35. The molecule has 0 aromatic carbocycles. The Morgan fingerprint density at radius 2 is 2.09 bits per heavy atom. The molecule has 0 unspecified atom stereocenters. The normalized spacial score (nSPS) is 11.6. The average molecular weight is 342 g/mol. The lowest BCUT2D eigenvalue weighted by Gasteiger charge is -2.07. The molecule has 22 heavy (non-hydrogen) atoms. The molecule has 9 heteroatoms. The first kappa shape index (κ1) is 16.7. The summed E-state index contributed by atoms with van der Waals surface area (Å²) in [5, 5.41) is 5.39. The minimum Gasteiger partial charge on any atom is -0.351 e. The van der Waals surface area contributed by atoms with E-state index in [-0.39, 0.29) is 19.0 Å². The Kier molecular flexibility index (Phi) is 4.99. The lowest BCUT2D eigenvalue weighted by atomic mass is 10.2. The van der Waals surface area contributed by atoms with Crippen molar-refractivity contribution in [3.8, 4) is 5.13 Å². The third-order valence-corrected chi connectivity index (χ3v) is 4.55. The summed E-state index contributed by atoms with van der Waals surface area (Å²) in [6.45, 7) is 4.16. The van der Waals surface area contributed by atoms with Crippen LogP contribution in [0.3, 0.4) is 0 Å². The second-order valence-corrected chi connectivity index (χ2v) is 7.56. The Labute approximate surface area is 133 Å². The molecule has 0 atom stereocenters. The van der Waals surface area contributed by atoms with Gasteiger partial charge in [-0.3, -0.25) is 9.36 Å². The van der Waals surface area contributed by atoms with E-state index in [0.717, 1.165) is 22.8 Å².